The molecule has 0 saturated carbocycles. The minimum absolute atomic E-state index is 0.116. The predicted octanol–water partition coefficient (Wildman–Crippen LogP) is 3.52. The van der Waals surface area contributed by atoms with Crippen LogP contribution in [0.1, 0.15) is 63.5 Å². The molecule has 0 saturated heterocycles. The molecule has 0 aliphatic rings. The molecule has 0 aliphatic heterocycles. The predicted molar refractivity (Wildman–Crippen MR) is 67.5 cm³/mol. The van der Waals surface area contributed by atoms with Crippen LogP contribution >= 0.6 is 0 Å². The van der Waals surface area contributed by atoms with Crippen molar-refractivity contribution in [2.24, 2.45) is 0 Å². The molecule has 1 N–H and O–H groups in total. The highest BCUT2D eigenvalue weighted by molar-refractivity contribution is 5.31. The van der Waals surface area contributed by atoms with E-state index >= 15 is 0 Å². The van der Waals surface area contributed by atoms with Crippen LogP contribution in [0.3, 0.4) is 0 Å². The van der Waals surface area contributed by atoms with Crippen molar-refractivity contribution >= 4 is 0 Å². The average Bonchev–Trinajstić information content (AvgIpc) is 2.16. The summed E-state index contributed by atoms with van der Waals surface area (Å²) in [6.07, 6.45) is 3.24. The summed E-state index contributed by atoms with van der Waals surface area (Å²) in [6, 6.07) is 2.01. The Balaban J connectivity index is 3.00. The summed E-state index contributed by atoms with van der Waals surface area (Å²) in [5.74, 6) is 0. The molecule has 1 unspecified atom stereocenters. The Morgan fingerprint density at radius 3 is 2.44 bits per heavy atom. The van der Waals surface area contributed by atoms with Crippen LogP contribution in [-0.4, -0.2) is 10.1 Å². The number of hydrogen-bond donors (Lipinski definition) is 1. The van der Waals surface area contributed by atoms with Gasteiger partial charge in [-0.25, -0.2) is 0 Å². The van der Waals surface area contributed by atoms with Crippen molar-refractivity contribution in [3.8, 4) is 0 Å². The van der Waals surface area contributed by atoms with Crippen LogP contribution < -0.4 is 0 Å². The first-order chi connectivity index (χ1) is 7.36. The highest BCUT2D eigenvalue weighted by Gasteiger charge is 2.18. The molecule has 0 spiro atoms. The van der Waals surface area contributed by atoms with Crippen LogP contribution in [-0.2, 0) is 5.41 Å². The van der Waals surface area contributed by atoms with Gasteiger partial charge in [-0.2, -0.15) is 0 Å². The smallest absolute Gasteiger partial charge is 0.0959 e. The van der Waals surface area contributed by atoms with Gasteiger partial charge in [-0.1, -0.05) is 34.1 Å². The maximum atomic E-state index is 9.88. The lowest BCUT2D eigenvalue weighted by Crippen LogP contribution is -2.14. The standard InChI is InChI=1S/C14H23NO/c1-6-7-13(16)12-8-10(2)11(9-15-12)14(3,4)5/h8-9,13,16H,6-7H2,1-5H3. The molecular formula is C14H23NO. The molecule has 1 aromatic heterocycles. The van der Waals surface area contributed by atoms with E-state index in [1.807, 2.05) is 12.3 Å². The lowest BCUT2D eigenvalue weighted by molar-refractivity contribution is 0.161. The normalized spacial score (nSPS) is 13.9. The summed E-state index contributed by atoms with van der Waals surface area (Å²) >= 11 is 0. The van der Waals surface area contributed by atoms with E-state index in [9.17, 15) is 5.11 Å². The summed E-state index contributed by atoms with van der Waals surface area (Å²) in [5, 5.41) is 9.88. The summed E-state index contributed by atoms with van der Waals surface area (Å²) < 4.78 is 0. The molecule has 2 heteroatoms. The zero-order valence-corrected chi connectivity index (χ0v) is 11.0. The van der Waals surface area contributed by atoms with Crippen molar-refractivity contribution in [3.63, 3.8) is 0 Å². The molecule has 1 rings (SSSR count). The molecular weight excluding hydrogens is 198 g/mol. The van der Waals surface area contributed by atoms with E-state index < -0.39 is 6.10 Å². The van der Waals surface area contributed by atoms with Crippen molar-refractivity contribution in [1.29, 1.82) is 0 Å². The number of aliphatic hydroxyl groups excluding tert-OH is 1. The van der Waals surface area contributed by atoms with Gasteiger partial charge >= 0.3 is 0 Å². The fourth-order valence-corrected chi connectivity index (χ4v) is 1.97. The van der Waals surface area contributed by atoms with E-state index in [1.54, 1.807) is 0 Å². The van der Waals surface area contributed by atoms with Gasteiger partial charge in [-0.15, -0.1) is 0 Å². The highest BCUT2D eigenvalue weighted by Crippen LogP contribution is 2.27. The molecule has 90 valence electrons. The minimum atomic E-state index is -0.419. The molecule has 0 aliphatic carbocycles. The van der Waals surface area contributed by atoms with Gasteiger partial charge in [0.25, 0.3) is 0 Å². The Kier molecular flexibility index (Phi) is 4.09. The number of aromatic nitrogens is 1. The maximum absolute atomic E-state index is 9.88. The van der Waals surface area contributed by atoms with E-state index in [2.05, 4.69) is 39.6 Å². The molecule has 1 aromatic rings. The zero-order chi connectivity index (χ0) is 12.3. The third-order valence-corrected chi connectivity index (χ3v) is 2.84. The second-order valence-electron chi connectivity index (χ2n) is 5.48. The topological polar surface area (TPSA) is 33.1 Å². The van der Waals surface area contributed by atoms with Crippen LogP contribution in [0.2, 0.25) is 0 Å². The SMILES string of the molecule is CCCC(O)c1cc(C)c(C(C)(C)C)cn1. The average molecular weight is 221 g/mol. The van der Waals surface area contributed by atoms with E-state index in [1.165, 1.54) is 11.1 Å². The fraction of sp³-hybridized carbons (Fsp3) is 0.643. The Hall–Kier alpha value is -0.890. The summed E-state index contributed by atoms with van der Waals surface area (Å²) in [6.45, 7) is 10.7. The molecule has 0 radical (unpaired) electrons. The van der Waals surface area contributed by atoms with Crippen LogP contribution in [0.4, 0.5) is 0 Å². The van der Waals surface area contributed by atoms with Crippen molar-refractivity contribution < 1.29 is 5.11 Å². The zero-order valence-electron chi connectivity index (χ0n) is 11.0. The van der Waals surface area contributed by atoms with Gasteiger partial charge < -0.3 is 5.11 Å². The molecule has 16 heavy (non-hydrogen) atoms. The second kappa shape index (κ2) is 4.96. The van der Waals surface area contributed by atoms with Gasteiger partial charge in [0.05, 0.1) is 11.8 Å². The van der Waals surface area contributed by atoms with Gasteiger partial charge in [0, 0.05) is 6.20 Å². The van der Waals surface area contributed by atoms with E-state index in [0.29, 0.717) is 0 Å². The van der Waals surface area contributed by atoms with E-state index in [0.717, 1.165) is 18.5 Å². The summed E-state index contributed by atoms with van der Waals surface area (Å²) in [5.41, 5.74) is 3.38. The number of rotatable bonds is 3. The summed E-state index contributed by atoms with van der Waals surface area (Å²) in [7, 11) is 0. The Morgan fingerprint density at radius 1 is 1.38 bits per heavy atom. The van der Waals surface area contributed by atoms with Crippen molar-refractivity contribution in [2.75, 3.05) is 0 Å². The monoisotopic (exact) mass is 221 g/mol. The largest absolute Gasteiger partial charge is 0.387 e. The van der Waals surface area contributed by atoms with Crippen LogP contribution in [0, 0.1) is 6.92 Å². The first kappa shape index (κ1) is 13.2. The number of aliphatic hydroxyl groups is 1. The number of aryl methyl sites for hydroxylation is 1. The quantitative estimate of drug-likeness (QED) is 0.847. The molecule has 0 aromatic carbocycles. The van der Waals surface area contributed by atoms with Gasteiger partial charge in [-0.05, 0) is 36.0 Å². The van der Waals surface area contributed by atoms with Crippen molar-refractivity contribution in [2.45, 2.75) is 59.0 Å². The Morgan fingerprint density at radius 2 is 2.00 bits per heavy atom. The van der Waals surface area contributed by atoms with Gasteiger partial charge in [0.2, 0.25) is 0 Å². The lowest BCUT2D eigenvalue weighted by Gasteiger charge is -2.22. The highest BCUT2D eigenvalue weighted by atomic mass is 16.3. The number of pyridine rings is 1. The second-order valence-corrected chi connectivity index (χ2v) is 5.48. The molecule has 2 nitrogen and oxygen atoms in total. The molecule has 0 amide bonds. The molecule has 0 fully saturated rings. The Bertz CT molecular complexity index is 352. The molecule has 0 bridgehead atoms. The van der Waals surface area contributed by atoms with E-state index in [4.69, 9.17) is 0 Å². The lowest BCUT2D eigenvalue weighted by atomic mass is 9.85. The van der Waals surface area contributed by atoms with Gasteiger partial charge in [-0.3, -0.25) is 4.98 Å². The third-order valence-electron chi connectivity index (χ3n) is 2.84. The van der Waals surface area contributed by atoms with Crippen molar-refractivity contribution in [1.82, 2.24) is 4.98 Å². The third kappa shape index (κ3) is 3.05. The first-order valence-corrected chi connectivity index (χ1v) is 6.01. The van der Waals surface area contributed by atoms with Gasteiger partial charge in [0.1, 0.15) is 0 Å². The fourth-order valence-electron chi connectivity index (χ4n) is 1.97. The Labute approximate surface area is 98.7 Å². The maximum Gasteiger partial charge on any atom is 0.0959 e. The van der Waals surface area contributed by atoms with Crippen LogP contribution in [0.25, 0.3) is 0 Å². The van der Waals surface area contributed by atoms with Crippen LogP contribution in [0.15, 0.2) is 12.3 Å². The van der Waals surface area contributed by atoms with Gasteiger partial charge in [0.15, 0.2) is 0 Å². The molecule has 1 heterocycles. The molecule has 1 atom stereocenters. The number of hydrogen-bond acceptors (Lipinski definition) is 2. The number of nitrogens with zero attached hydrogens (tertiary/aromatic N) is 1. The summed E-state index contributed by atoms with van der Waals surface area (Å²) in [4.78, 5) is 4.37. The van der Waals surface area contributed by atoms with Crippen molar-refractivity contribution in [3.05, 3.63) is 29.1 Å². The van der Waals surface area contributed by atoms with Crippen LogP contribution in [0.5, 0.6) is 0 Å². The van der Waals surface area contributed by atoms with E-state index in [-0.39, 0.29) is 5.41 Å². The first-order valence-electron chi connectivity index (χ1n) is 6.01. The minimum Gasteiger partial charge on any atom is -0.387 e.